The highest BCUT2D eigenvalue weighted by Gasteiger charge is 2.04. The Kier molecular flexibility index (Phi) is 2.88. The Morgan fingerprint density at radius 1 is 1.24 bits per heavy atom. The lowest BCUT2D eigenvalue weighted by Gasteiger charge is -2.15. The maximum Gasteiger partial charge on any atom is 0.0702 e. The fourth-order valence-electron chi connectivity index (χ4n) is 2.30. The van der Waals surface area contributed by atoms with Crippen LogP contribution in [0.25, 0.3) is 17.0 Å². The third-order valence-electron chi connectivity index (χ3n) is 3.19. The number of hydrogen-bond donors (Lipinski definition) is 1. The summed E-state index contributed by atoms with van der Waals surface area (Å²) in [6, 6.07) is 10.5. The van der Waals surface area contributed by atoms with Gasteiger partial charge in [0.05, 0.1) is 5.52 Å². The van der Waals surface area contributed by atoms with E-state index in [0.717, 1.165) is 18.6 Å². The van der Waals surface area contributed by atoms with Gasteiger partial charge in [-0.05, 0) is 37.1 Å². The van der Waals surface area contributed by atoms with Crippen molar-refractivity contribution in [2.24, 2.45) is 0 Å². The molecule has 0 amide bonds. The van der Waals surface area contributed by atoms with Gasteiger partial charge in [-0.1, -0.05) is 29.8 Å². The molecule has 86 valence electrons. The number of nitrogens with one attached hydrogen (secondary N) is 1. The summed E-state index contributed by atoms with van der Waals surface area (Å²) in [5.74, 6) is 0. The minimum Gasteiger partial charge on any atom is -0.313 e. The van der Waals surface area contributed by atoms with E-state index < -0.39 is 0 Å². The van der Waals surface area contributed by atoms with Crippen LogP contribution >= 0.6 is 0 Å². The molecule has 3 rings (SSSR count). The molecule has 1 aliphatic rings. The molecule has 2 heteroatoms. The molecular weight excluding hydrogens is 208 g/mol. The molecule has 0 aliphatic carbocycles. The summed E-state index contributed by atoms with van der Waals surface area (Å²) < 4.78 is 0. The fourth-order valence-corrected chi connectivity index (χ4v) is 2.30. The van der Waals surface area contributed by atoms with E-state index in [1.807, 2.05) is 12.3 Å². The van der Waals surface area contributed by atoms with Crippen LogP contribution in [0.5, 0.6) is 0 Å². The minimum absolute atomic E-state index is 1.02. The Hall–Kier alpha value is -1.67. The second-order valence-corrected chi connectivity index (χ2v) is 4.54. The predicted octanol–water partition coefficient (Wildman–Crippen LogP) is 3.00. The van der Waals surface area contributed by atoms with Gasteiger partial charge >= 0.3 is 0 Å². The lowest BCUT2D eigenvalue weighted by atomic mass is 10.0. The smallest absolute Gasteiger partial charge is 0.0702 e. The van der Waals surface area contributed by atoms with E-state index in [1.54, 1.807) is 0 Å². The van der Waals surface area contributed by atoms with Crippen molar-refractivity contribution in [3.05, 3.63) is 47.7 Å². The quantitative estimate of drug-likeness (QED) is 0.805. The highest BCUT2D eigenvalue weighted by Crippen LogP contribution is 2.17. The molecular formula is C15H16N2. The second kappa shape index (κ2) is 4.68. The first-order chi connectivity index (χ1) is 8.42. The molecule has 17 heavy (non-hydrogen) atoms. The number of fused-ring (bicyclic) bond motifs is 1. The average Bonchev–Trinajstić information content (AvgIpc) is 2.40. The number of benzene rings is 1. The summed E-state index contributed by atoms with van der Waals surface area (Å²) in [5.41, 5.74) is 3.76. The van der Waals surface area contributed by atoms with E-state index in [4.69, 9.17) is 0 Å². The molecule has 0 unspecified atom stereocenters. The first-order valence-electron chi connectivity index (χ1n) is 6.17. The first-order valence-corrected chi connectivity index (χ1v) is 6.17. The summed E-state index contributed by atoms with van der Waals surface area (Å²) in [5, 5.41) is 4.62. The number of para-hydroxylation sites is 1. The van der Waals surface area contributed by atoms with E-state index in [2.05, 4.69) is 40.6 Å². The molecule has 1 aliphatic heterocycles. The molecule has 1 saturated heterocycles. The SMILES string of the molecule is C(=C1CCCNC1)c1cnc2ccccc2c1. The zero-order chi connectivity index (χ0) is 11.5. The van der Waals surface area contributed by atoms with Crippen LogP contribution in [0.2, 0.25) is 0 Å². The molecule has 2 aromatic rings. The zero-order valence-electron chi connectivity index (χ0n) is 9.82. The summed E-state index contributed by atoms with van der Waals surface area (Å²) in [6.07, 6.45) is 6.68. The van der Waals surface area contributed by atoms with Crippen molar-refractivity contribution in [2.45, 2.75) is 12.8 Å². The predicted molar refractivity (Wildman–Crippen MR) is 71.8 cm³/mol. The van der Waals surface area contributed by atoms with Crippen LogP contribution in [-0.4, -0.2) is 18.1 Å². The number of nitrogens with zero attached hydrogens (tertiary/aromatic N) is 1. The van der Waals surface area contributed by atoms with Gasteiger partial charge in [-0.15, -0.1) is 0 Å². The molecule has 1 N–H and O–H groups in total. The molecule has 0 spiro atoms. The molecule has 2 nitrogen and oxygen atoms in total. The van der Waals surface area contributed by atoms with Gasteiger partial charge in [0.15, 0.2) is 0 Å². The number of pyridine rings is 1. The van der Waals surface area contributed by atoms with Gasteiger partial charge in [-0.3, -0.25) is 4.98 Å². The van der Waals surface area contributed by atoms with Gasteiger partial charge in [0.2, 0.25) is 0 Å². The Morgan fingerprint density at radius 3 is 3.06 bits per heavy atom. The molecule has 1 aromatic heterocycles. The fraction of sp³-hybridized carbons (Fsp3) is 0.267. The largest absolute Gasteiger partial charge is 0.313 e. The van der Waals surface area contributed by atoms with E-state index in [-0.39, 0.29) is 0 Å². The number of hydrogen-bond acceptors (Lipinski definition) is 2. The van der Waals surface area contributed by atoms with Gasteiger partial charge in [0, 0.05) is 18.1 Å². The van der Waals surface area contributed by atoms with E-state index in [9.17, 15) is 0 Å². The maximum absolute atomic E-state index is 4.48. The Balaban J connectivity index is 1.95. The van der Waals surface area contributed by atoms with Crippen molar-refractivity contribution in [3.8, 4) is 0 Å². The van der Waals surface area contributed by atoms with Crippen LogP contribution in [0.3, 0.4) is 0 Å². The first kappa shape index (κ1) is 10.5. The maximum atomic E-state index is 4.48. The Bertz CT molecular complexity index is 550. The van der Waals surface area contributed by atoms with Crippen molar-refractivity contribution in [1.29, 1.82) is 0 Å². The highest BCUT2D eigenvalue weighted by atomic mass is 14.9. The van der Waals surface area contributed by atoms with Crippen LogP contribution in [-0.2, 0) is 0 Å². The van der Waals surface area contributed by atoms with Gasteiger partial charge in [0.1, 0.15) is 0 Å². The summed E-state index contributed by atoms with van der Waals surface area (Å²) in [4.78, 5) is 4.48. The van der Waals surface area contributed by atoms with Crippen molar-refractivity contribution < 1.29 is 0 Å². The highest BCUT2D eigenvalue weighted by molar-refractivity contribution is 5.80. The zero-order valence-corrected chi connectivity index (χ0v) is 9.82. The Labute approximate surface area is 101 Å². The number of rotatable bonds is 1. The standard InChI is InChI=1S/C15H16N2/c1-2-6-15-14(5-1)9-13(11-17-15)8-12-4-3-7-16-10-12/h1-2,5-6,8-9,11,16H,3-4,7,10H2. The van der Waals surface area contributed by atoms with Crippen molar-refractivity contribution >= 4 is 17.0 Å². The summed E-state index contributed by atoms with van der Waals surface area (Å²) in [6.45, 7) is 2.17. The third-order valence-corrected chi connectivity index (χ3v) is 3.19. The summed E-state index contributed by atoms with van der Waals surface area (Å²) in [7, 11) is 0. The van der Waals surface area contributed by atoms with E-state index in [0.29, 0.717) is 0 Å². The third kappa shape index (κ3) is 2.37. The second-order valence-electron chi connectivity index (χ2n) is 4.54. The van der Waals surface area contributed by atoms with Crippen LogP contribution in [0.15, 0.2) is 42.1 Å². The lowest BCUT2D eigenvalue weighted by molar-refractivity contribution is 0.613. The van der Waals surface area contributed by atoms with Gasteiger partial charge in [-0.2, -0.15) is 0 Å². The minimum atomic E-state index is 1.02. The van der Waals surface area contributed by atoms with Crippen LogP contribution in [0.4, 0.5) is 0 Å². The topological polar surface area (TPSA) is 24.9 Å². The molecule has 1 fully saturated rings. The molecule has 0 bridgehead atoms. The van der Waals surface area contributed by atoms with E-state index >= 15 is 0 Å². The van der Waals surface area contributed by atoms with Crippen LogP contribution in [0.1, 0.15) is 18.4 Å². The molecule has 0 saturated carbocycles. The average molecular weight is 224 g/mol. The molecule has 0 atom stereocenters. The van der Waals surface area contributed by atoms with Crippen LogP contribution in [0, 0.1) is 0 Å². The Morgan fingerprint density at radius 2 is 2.18 bits per heavy atom. The van der Waals surface area contributed by atoms with Gasteiger partial charge in [0.25, 0.3) is 0 Å². The molecule has 0 radical (unpaired) electrons. The molecule has 1 aromatic carbocycles. The van der Waals surface area contributed by atoms with Crippen molar-refractivity contribution in [3.63, 3.8) is 0 Å². The van der Waals surface area contributed by atoms with Crippen LogP contribution < -0.4 is 5.32 Å². The number of aromatic nitrogens is 1. The van der Waals surface area contributed by atoms with E-state index in [1.165, 1.54) is 29.4 Å². The van der Waals surface area contributed by atoms with Crippen molar-refractivity contribution in [2.75, 3.05) is 13.1 Å². The number of piperidine rings is 1. The monoisotopic (exact) mass is 224 g/mol. The van der Waals surface area contributed by atoms with Gasteiger partial charge in [-0.25, -0.2) is 0 Å². The molecule has 2 heterocycles. The van der Waals surface area contributed by atoms with Crippen molar-refractivity contribution in [1.82, 2.24) is 10.3 Å². The lowest BCUT2D eigenvalue weighted by Crippen LogP contribution is -2.23. The normalized spacial score (nSPS) is 18.7. The van der Waals surface area contributed by atoms with Gasteiger partial charge < -0.3 is 5.32 Å². The summed E-state index contributed by atoms with van der Waals surface area (Å²) >= 11 is 0.